The van der Waals surface area contributed by atoms with E-state index in [9.17, 15) is 4.39 Å². The summed E-state index contributed by atoms with van der Waals surface area (Å²) in [5, 5.41) is 6.36. The first kappa shape index (κ1) is 13.5. The lowest BCUT2D eigenvalue weighted by molar-refractivity contribution is 0.523. The second kappa shape index (κ2) is 5.78. The third-order valence-electron chi connectivity index (χ3n) is 2.48. The Hall–Kier alpha value is -0.970. The van der Waals surface area contributed by atoms with Crippen LogP contribution in [0.15, 0.2) is 29.8 Å². The maximum atomic E-state index is 13.5. The van der Waals surface area contributed by atoms with E-state index in [2.05, 4.69) is 10.3 Å². The highest BCUT2D eigenvalue weighted by molar-refractivity contribution is 7.09. The molecule has 0 fully saturated rings. The number of thiazole rings is 1. The molecule has 1 N–H and O–H groups in total. The average molecular weight is 285 g/mol. The van der Waals surface area contributed by atoms with E-state index in [0.717, 1.165) is 10.6 Å². The zero-order chi connectivity index (χ0) is 13.1. The number of hydrogen-bond acceptors (Lipinski definition) is 3. The number of nitrogens with one attached hydrogen (secondary N) is 1. The quantitative estimate of drug-likeness (QED) is 0.917. The van der Waals surface area contributed by atoms with Gasteiger partial charge in [0.05, 0.1) is 11.1 Å². The zero-order valence-electron chi connectivity index (χ0n) is 10.2. The molecule has 0 radical (unpaired) electrons. The molecule has 2 aromatic rings. The van der Waals surface area contributed by atoms with Crippen molar-refractivity contribution in [2.45, 2.75) is 25.9 Å². The monoisotopic (exact) mass is 284 g/mol. The van der Waals surface area contributed by atoms with Crippen molar-refractivity contribution >= 4 is 22.9 Å². The Morgan fingerprint density at radius 3 is 2.72 bits per heavy atom. The second-order valence-electron chi connectivity index (χ2n) is 4.30. The molecule has 0 bridgehead atoms. The molecule has 1 atom stereocenters. The van der Waals surface area contributed by atoms with Gasteiger partial charge in [-0.05, 0) is 31.5 Å². The van der Waals surface area contributed by atoms with Crippen LogP contribution in [0, 0.1) is 5.82 Å². The summed E-state index contributed by atoms with van der Waals surface area (Å²) in [5.41, 5.74) is 0.834. The third kappa shape index (κ3) is 3.07. The van der Waals surface area contributed by atoms with Crippen LogP contribution >= 0.6 is 22.9 Å². The van der Waals surface area contributed by atoms with Crippen LogP contribution in [0.25, 0.3) is 0 Å². The number of halogens is 2. The van der Waals surface area contributed by atoms with E-state index in [0.29, 0.717) is 0 Å². The smallest absolute Gasteiger partial charge is 0.142 e. The molecule has 0 amide bonds. The Kier molecular flexibility index (Phi) is 4.32. The fraction of sp³-hybridized carbons (Fsp3) is 0.308. The Morgan fingerprint density at radius 1 is 1.39 bits per heavy atom. The van der Waals surface area contributed by atoms with E-state index < -0.39 is 5.82 Å². The minimum absolute atomic E-state index is 0.100. The molecule has 18 heavy (non-hydrogen) atoms. The van der Waals surface area contributed by atoms with Gasteiger partial charge in [-0.25, -0.2) is 9.37 Å². The molecular weight excluding hydrogens is 271 g/mol. The van der Waals surface area contributed by atoms with Gasteiger partial charge in [0.15, 0.2) is 0 Å². The number of hydrogen-bond donors (Lipinski definition) is 1. The second-order valence-corrected chi connectivity index (χ2v) is 5.63. The third-order valence-corrected chi connectivity index (χ3v) is 3.62. The topological polar surface area (TPSA) is 24.9 Å². The molecule has 2 nitrogen and oxygen atoms in total. The Balaban J connectivity index is 2.36. The molecule has 5 heteroatoms. The van der Waals surface area contributed by atoms with Gasteiger partial charge < -0.3 is 5.32 Å². The van der Waals surface area contributed by atoms with Crippen molar-refractivity contribution in [1.82, 2.24) is 10.3 Å². The van der Waals surface area contributed by atoms with Crippen molar-refractivity contribution in [2.24, 2.45) is 0 Å². The number of aromatic nitrogens is 1. The first-order chi connectivity index (χ1) is 8.58. The SMILES string of the molecule is CC(C)NC(c1ccc(Cl)c(F)c1)c1nccs1. The summed E-state index contributed by atoms with van der Waals surface area (Å²) in [6, 6.07) is 5.04. The van der Waals surface area contributed by atoms with Crippen LogP contribution in [0.3, 0.4) is 0 Å². The molecule has 0 saturated heterocycles. The molecule has 0 aliphatic rings. The van der Waals surface area contributed by atoms with Gasteiger partial charge in [0.1, 0.15) is 10.8 Å². The van der Waals surface area contributed by atoms with Gasteiger partial charge in [0.2, 0.25) is 0 Å². The van der Waals surface area contributed by atoms with Gasteiger partial charge in [-0.3, -0.25) is 0 Å². The highest BCUT2D eigenvalue weighted by Crippen LogP contribution is 2.27. The van der Waals surface area contributed by atoms with Crippen molar-refractivity contribution in [3.05, 3.63) is 51.2 Å². The standard InChI is InChI=1S/C13H14ClFN2S/c1-8(2)17-12(13-16-5-6-18-13)9-3-4-10(14)11(15)7-9/h3-8,12,17H,1-2H3. The summed E-state index contributed by atoms with van der Waals surface area (Å²) >= 11 is 7.26. The molecule has 0 spiro atoms. The molecule has 0 aliphatic carbocycles. The normalized spacial score (nSPS) is 12.9. The van der Waals surface area contributed by atoms with Crippen molar-refractivity contribution in [3.8, 4) is 0 Å². The first-order valence-corrected chi connectivity index (χ1v) is 6.94. The van der Waals surface area contributed by atoms with Gasteiger partial charge in [-0.1, -0.05) is 17.7 Å². The predicted octanol–water partition coefficient (Wildman–Crippen LogP) is 4.02. The molecule has 1 aromatic heterocycles. The van der Waals surface area contributed by atoms with E-state index >= 15 is 0 Å². The maximum absolute atomic E-state index is 13.5. The van der Waals surface area contributed by atoms with Crippen LogP contribution in [-0.2, 0) is 0 Å². The summed E-state index contributed by atoms with van der Waals surface area (Å²) in [5.74, 6) is -0.402. The highest BCUT2D eigenvalue weighted by atomic mass is 35.5. The van der Waals surface area contributed by atoms with Crippen LogP contribution in [0.5, 0.6) is 0 Å². The van der Waals surface area contributed by atoms with Gasteiger partial charge >= 0.3 is 0 Å². The summed E-state index contributed by atoms with van der Waals surface area (Å²) in [4.78, 5) is 4.30. The fourth-order valence-corrected chi connectivity index (χ4v) is 2.55. The summed E-state index contributed by atoms with van der Waals surface area (Å²) in [6.45, 7) is 4.10. The van der Waals surface area contributed by atoms with Crippen LogP contribution in [0.2, 0.25) is 5.02 Å². The molecule has 1 heterocycles. The van der Waals surface area contributed by atoms with Crippen molar-refractivity contribution in [2.75, 3.05) is 0 Å². The average Bonchev–Trinajstić information content (AvgIpc) is 2.83. The number of nitrogens with zero attached hydrogens (tertiary/aromatic N) is 1. The molecule has 2 rings (SSSR count). The highest BCUT2D eigenvalue weighted by Gasteiger charge is 2.18. The van der Waals surface area contributed by atoms with Gasteiger partial charge in [0.25, 0.3) is 0 Å². The van der Waals surface area contributed by atoms with Crippen LogP contribution in [-0.4, -0.2) is 11.0 Å². The Bertz CT molecular complexity index is 514. The molecule has 96 valence electrons. The Labute approximate surface area is 115 Å². The van der Waals surface area contributed by atoms with Gasteiger partial charge in [0, 0.05) is 17.6 Å². The van der Waals surface area contributed by atoms with Crippen LogP contribution in [0.1, 0.15) is 30.5 Å². The van der Waals surface area contributed by atoms with Crippen molar-refractivity contribution in [1.29, 1.82) is 0 Å². The van der Waals surface area contributed by atoms with E-state index in [1.54, 1.807) is 23.6 Å². The van der Waals surface area contributed by atoms with Crippen LogP contribution in [0.4, 0.5) is 4.39 Å². The maximum Gasteiger partial charge on any atom is 0.142 e. The lowest BCUT2D eigenvalue weighted by atomic mass is 10.1. The lowest BCUT2D eigenvalue weighted by Gasteiger charge is -2.20. The largest absolute Gasteiger partial charge is 0.302 e. The first-order valence-electron chi connectivity index (χ1n) is 5.68. The summed E-state index contributed by atoms with van der Waals surface area (Å²) in [7, 11) is 0. The van der Waals surface area contributed by atoms with Crippen molar-refractivity contribution in [3.63, 3.8) is 0 Å². The molecule has 0 aliphatic heterocycles. The lowest BCUT2D eigenvalue weighted by Crippen LogP contribution is -2.28. The van der Waals surface area contributed by atoms with Gasteiger partial charge in [-0.2, -0.15) is 0 Å². The Morgan fingerprint density at radius 2 is 2.17 bits per heavy atom. The van der Waals surface area contributed by atoms with E-state index in [-0.39, 0.29) is 17.1 Å². The minimum atomic E-state index is -0.402. The predicted molar refractivity (Wildman–Crippen MR) is 73.6 cm³/mol. The van der Waals surface area contributed by atoms with Crippen LogP contribution < -0.4 is 5.32 Å². The fourth-order valence-electron chi connectivity index (χ4n) is 1.71. The summed E-state index contributed by atoms with van der Waals surface area (Å²) in [6.07, 6.45) is 1.75. The number of rotatable bonds is 4. The molecule has 1 unspecified atom stereocenters. The molecule has 0 saturated carbocycles. The van der Waals surface area contributed by atoms with Gasteiger partial charge in [-0.15, -0.1) is 11.3 Å². The van der Waals surface area contributed by atoms with E-state index in [1.807, 2.05) is 25.3 Å². The zero-order valence-corrected chi connectivity index (χ0v) is 11.7. The molecule has 1 aromatic carbocycles. The molecular formula is C13H14ClFN2S. The summed E-state index contributed by atoms with van der Waals surface area (Å²) < 4.78 is 13.5. The van der Waals surface area contributed by atoms with Crippen molar-refractivity contribution < 1.29 is 4.39 Å². The minimum Gasteiger partial charge on any atom is -0.302 e. The van der Waals surface area contributed by atoms with E-state index in [4.69, 9.17) is 11.6 Å². The number of benzene rings is 1. The van der Waals surface area contributed by atoms with E-state index in [1.165, 1.54) is 6.07 Å².